The van der Waals surface area contributed by atoms with E-state index in [0.29, 0.717) is 19.4 Å². The molecular formula is C12H15N3O2. The summed E-state index contributed by atoms with van der Waals surface area (Å²) in [4.78, 5) is 28.3. The molecule has 0 aromatic carbocycles. The molecule has 5 nitrogen and oxygen atoms in total. The summed E-state index contributed by atoms with van der Waals surface area (Å²) in [7, 11) is 1.53. The van der Waals surface area contributed by atoms with Crippen molar-refractivity contribution in [1.29, 1.82) is 0 Å². The maximum absolute atomic E-state index is 11.8. The maximum Gasteiger partial charge on any atom is 0.246 e. The molecule has 0 saturated carbocycles. The van der Waals surface area contributed by atoms with Gasteiger partial charge in [-0.3, -0.25) is 19.5 Å². The van der Waals surface area contributed by atoms with Gasteiger partial charge in [0, 0.05) is 32.4 Å². The zero-order chi connectivity index (χ0) is 12.3. The molecular weight excluding hydrogens is 218 g/mol. The Labute approximate surface area is 99.8 Å². The largest absolute Gasteiger partial charge is 0.302 e. The number of nitrogens with one attached hydrogen (secondary N) is 1. The van der Waals surface area contributed by atoms with Crippen LogP contribution in [-0.4, -0.2) is 34.8 Å². The van der Waals surface area contributed by atoms with Gasteiger partial charge in [0.15, 0.2) is 0 Å². The fraction of sp³-hybridized carbons (Fsp3) is 0.417. The van der Waals surface area contributed by atoms with Gasteiger partial charge in [0.05, 0.1) is 6.04 Å². The second-order valence-corrected chi connectivity index (χ2v) is 4.12. The van der Waals surface area contributed by atoms with Crippen LogP contribution in [0.4, 0.5) is 0 Å². The Morgan fingerprint density at radius 3 is 3.06 bits per heavy atom. The summed E-state index contributed by atoms with van der Waals surface area (Å²) in [5.41, 5.74) is 1.03. The molecule has 0 spiro atoms. The third-order valence-electron chi connectivity index (χ3n) is 2.93. The molecule has 1 aliphatic rings. The average Bonchev–Trinajstić information content (AvgIpc) is 2.36. The van der Waals surface area contributed by atoms with E-state index in [1.807, 2.05) is 12.1 Å². The van der Waals surface area contributed by atoms with Gasteiger partial charge >= 0.3 is 0 Å². The van der Waals surface area contributed by atoms with Crippen LogP contribution in [0.1, 0.15) is 18.4 Å². The fourth-order valence-corrected chi connectivity index (χ4v) is 1.85. The topological polar surface area (TPSA) is 62.3 Å². The van der Waals surface area contributed by atoms with Crippen molar-refractivity contribution in [3.05, 3.63) is 30.1 Å². The van der Waals surface area contributed by atoms with Gasteiger partial charge in [-0.25, -0.2) is 0 Å². The summed E-state index contributed by atoms with van der Waals surface area (Å²) in [6, 6.07) is 3.54. The predicted molar refractivity (Wildman–Crippen MR) is 61.9 cm³/mol. The van der Waals surface area contributed by atoms with E-state index in [-0.39, 0.29) is 17.9 Å². The van der Waals surface area contributed by atoms with E-state index in [0.717, 1.165) is 5.56 Å². The van der Waals surface area contributed by atoms with Crippen LogP contribution in [0.15, 0.2) is 24.5 Å². The predicted octanol–water partition coefficient (Wildman–Crippen LogP) is 0.319. The first kappa shape index (κ1) is 11.7. The second-order valence-electron chi connectivity index (χ2n) is 4.12. The molecule has 1 N–H and O–H groups in total. The Bertz CT molecular complexity index is 419. The Morgan fingerprint density at radius 2 is 2.35 bits per heavy atom. The lowest BCUT2D eigenvalue weighted by atomic mass is 10.0. The van der Waals surface area contributed by atoms with Crippen molar-refractivity contribution in [2.75, 3.05) is 7.05 Å². The lowest BCUT2D eigenvalue weighted by Crippen LogP contribution is -2.51. The lowest BCUT2D eigenvalue weighted by Gasteiger charge is -2.28. The molecule has 0 radical (unpaired) electrons. The number of aromatic nitrogens is 1. The standard InChI is InChI=1S/C12H15N3O2/c1-15-11(16)5-4-10(12(15)17)14-8-9-3-2-6-13-7-9/h2-3,6-7,10,14H,4-5,8H2,1H3. The minimum absolute atomic E-state index is 0.102. The van der Waals surface area contributed by atoms with Crippen LogP contribution < -0.4 is 5.32 Å². The number of piperidine rings is 1. The van der Waals surface area contributed by atoms with E-state index < -0.39 is 0 Å². The van der Waals surface area contributed by atoms with Gasteiger partial charge in [-0.05, 0) is 18.1 Å². The molecule has 0 bridgehead atoms. The number of imide groups is 1. The third kappa shape index (κ3) is 2.68. The van der Waals surface area contributed by atoms with Crippen molar-refractivity contribution in [2.45, 2.75) is 25.4 Å². The van der Waals surface area contributed by atoms with Crippen molar-refractivity contribution in [1.82, 2.24) is 15.2 Å². The minimum atomic E-state index is -0.266. The molecule has 5 heteroatoms. The lowest BCUT2D eigenvalue weighted by molar-refractivity contribution is -0.148. The molecule has 2 rings (SSSR count). The van der Waals surface area contributed by atoms with Gasteiger partial charge in [-0.2, -0.15) is 0 Å². The molecule has 17 heavy (non-hydrogen) atoms. The maximum atomic E-state index is 11.8. The zero-order valence-corrected chi connectivity index (χ0v) is 9.72. The fourth-order valence-electron chi connectivity index (χ4n) is 1.85. The van der Waals surface area contributed by atoms with Crippen molar-refractivity contribution >= 4 is 11.8 Å². The van der Waals surface area contributed by atoms with Crippen LogP contribution in [0.5, 0.6) is 0 Å². The van der Waals surface area contributed by atoms with Crippen LogP contribution in [-0.2, 0) is 16.1 Å². The smallest absolute Gasteiger partial charge is 0.246 e. The van der Waals surface area contributed by atoms with Gasteiger partial charge in [0.1, 0.15) is 0 Å². The summed E-state index contributed by atoms with van der Waals surface area (Å²) in [5, 5.41) is 3.16. The van der Waals surface area contributed by atoms with Gasteiger partial charge in [0.2, 0.25) is 11.8 Å². The second kappa shape index (κ2) is 5.05. The Kier molecular flexibility index (Phi) is 3.49. The molecule has 2 heterocycles. The van der Waals surface area contributed by atoms with E-state index in [1.54, 1.807) is 12.4 Å². The number of nitrogens with zero attached hydrogens (tertiary/aromatic N) is 2. The third-order valence-corrected chi connectivity index (χ3v) is 2.93. The molecule has 1 fully saturated rings. The van der Waals surface area contributed by atoms with E-state index in [4.69, 9.17) is 0 Å². The van der Waals surface area contributed by atoms with E-state index in [1.165, 1.54) is 11.9 Å². The number of hydrogen-bond donors (Lipinski definition) is 1. The Balaban J connectivity index is 1.92. The highest BCUT2D eigenvalue weighted by Gasteiger charge is 2.31. The number of pyridine rings is 1. The molecule has 1 unspecified atom stereocenters. The van der Waals surface area contributed by atoms with Crippen molar-refractivity contribution in [3.8, 4) is 0 Å². The minimum Gasteiger partial charge on any atom is -0.302 e. The molecule has 1 saturated heterocycles. The highest BCUT2D eigenvalue weighted by Crippen LogP contribution is 2.11. The van der Waals surface area contributed by atoms with Gasteiger partial charge in [-0.15, -0.1) is 0 Å². The number of carbonyl (C=O) groups excluding carboxylic acids is 2. The number of hydrogen-bond acceptors (Lipinski definition) is 4. The van der Waals surface area contributed by atoms with Crippen LogP contribution in [0, 0.1) is 0 Å². The summed E-state index contributed by atoms with van der Waals surface area (Å²) in [6.45, 7) is 0.590. The Hall–Kier alpha value is -1.75. The SMILES string of the molecule is CN1C(=O)CCC(NCc2cccnc2)C1=O. The highest BCUT2D eigenvalue weighted by atomic mass is 16.2. The van der Waals surface area contributed by atoms with E-state index >= 15 is 0 Å². The van der Waals surface area contributed by atoms with Crippen LogP contribution in [0.3, 0.4) is 0 Å². The molecule has 90 valence electrons. The summed E-state index contributed by atoms with van der Waals surface area (Å²) >= 11 is 0. The van der Waals surface area contributed by atoms with Crippen LogP contribution >= 0.6 is 0 Å². The van der Waals surface area contributed by atoms with Gasteiger partial charge in [0.25, 0.3) is 0 Å². The van der Waals surface area contributed by atoms with Crippen molar-refractivity contribution < 1.29 is 9.59 Å². The highest BCUT2D eigenvalue weighted by molar-refractivity contribution is 6.00. The number of amides is 2. The van der Waals surface area contributed by atoms with Crippen molar-refractivity contribution in [2.24, 2.45) is 0 Å². The van der Waals surface area contributed by atoms with Crippen molar-refractivity contribution in [3.63, 3.8) is 0 Å². The number of rotatable bonds is 3. The Morgan fingerprint density at radius 1 is 1.53 bits per heavy atom. The van der Waals surface area contributed by atoms with E-state index in [9.17, 15) is 9.59 Å². The quantitative estimate of drug-likeness (QED) is 0.764. The van der Waals surface area contributed by atoms with Crippen LogP contribution in [0.2, 0.25) is 0 Å². The summed E-state index contributed by atoms with van der Waals surface area (Å²) in [5.74, 6) is -0.250. The monoisotopic (exact) mass is 233 g/mol. The summed E-state index contributed by atoms with van der Waals surface area (Å²) in [6.07, 6.45) is 4.46. The number of likely N-dealkylation sites (tertiary alicyclic amines) is 1. The first-order chi connectivity index (χ1) is 8.18. The first-order valence-electron chi connectivity index (χ1n) is 5.61. The van der Waals surface area contributed by atoms with Crippen LogP contribution in [0.25, 0.3) is 0 Å². The molecule has 1 aromatic rings. The molecule has 1 atom stereocenters. The molecule has 2 amide bonds. The average molecular weight is 233 g/mol. The van der Waals surface area contributed by atoms with Gasteiger partial charge < -0.3 is 5.32 Å². The molecule has 0 aliphatic carbocycles. The summed E-state index contributed by atoms with van der Waals surface area (Å²) < 4.78 is 0. The first-order valence-corrected chi connectivity index (χ1v) is 5.61. The number of likely N-dealkylation sites (N-methyl/N-ethyl adjacent to an activating group) is 1. The normalized spacial score (nSPS) is 20.8. The zero-order valence-electron chi connectivity index (χ0n) is 9.72. The number of carbonyl (C=O) groups is 2. The molecule has 1 aromatic heterocycles. The van der Waals surface area contributed by atoms with E-state index in [2.05, 4.69) is 10.3 Å². The molecule has 1 aliphatic heterocycles. The van der Waals surface area contributed by atoms with Gasteiger partial charge in [-0.1, -0.05) is 6.07 Å².